The number of hydrogen-bond donors (Lipinski definition) is 0. The van der Waals surface area contributed by atoms with Gasteiger partial charge in [-0.15, -0.1) is 16.9 Å². The van der Waals surface area contributed by atoms with Crippen molar-refractivity contribution < 1.29 is 4.84 Å². The lowest BCUT2D eigenvalue weighted by Crippen LogP contribution is -2.23. The molecule has 5 nitrogen and oxygen atoms in total. The minimum atomic E-state index is 0.438. The molecule has 2 aliphatic heterocycles. The summed E-state index contributed by atoms with van der Waals surface area (Å²) < 4.78 is 5.19. The Morgan fingerprint density at radius 1 is 1.55 bits per heavy atom. The van der Waals surface area contributed by atoms with Crippen molar-refractivity contribution in [2.24, 2.45) is 17.0 Å². The smallest absolute Gasteiger partial charge is 0.163 e. The van der Waals surface area contributed by atoms with Gasteiger partial charge in [0.2, 0.25) is 0 Å². The molecule has 2 unspecified atom stereocenters. The topological polar surface area (TPSA) is 50.6 Å². The van der Waals surface area contributed by atoms with Crippen LogP contribution in [-0.4, -0.2) is 45.6 Å². The fraction of sp³-hybridized carbons (Fsp3) is 0.769. The first kappa shape index (κ1) is 14.3. The van der Waals surface area contributed by atoms with Crippen molar-refractivity contribution in [3.8, 4) is 0 Å². The monoisotopic (exact) mass is 312 g/mol. The van der Waals surface area contributed by atoms with Gasteiger partial charge in [-0.05, 0) is 30.4 Å². The number of oxime groups is 1. The number of rotatable bonds is 6. The van der Waals surface area contributed by atoms with Crippen LogP contribution in [-0.2, 0) is 11.4 Å². The molecule has 2 saturated heterocycles. The van der Waals surface area contributed by atoms with E-state index in [9.17, 15) is 0 Å². The molecule has 110 valence electrons. The number of hydrogen-bond acceptors (Lipinski definition) is 7. The van der Waals surface area contributed by atoms with Crippen LogP contribution >= 0.6 is 23.3 Å². The molecule has 0 aliphatic carbocycles. The summed E-state index contributed by atoms with van der Waals surface area (Å²) in [5.41, 5.74) is 2.13. The Hall–Kier alpha value is -0.660. The molecule has 3 heterocycles. The molecule has 3 rings (SSSR count). The predicted octanol–water partition coefficient (Wildman–Crippen LogP) is 2.49. The fourth-order valence-electron chi connectivity index (χ4n) is 2.53. The standard InChI is InChI=1S/C13H20N4OS2/c1-9(2)8-19-13-12(14-16-20-13)7-18-15-11-6-17-4-3-10(11)5-17/h9-10H,3-8H2,1-2H3/b15-11+. The first-order valence-corrected chi connectivity index (χ1v) is 8.83. The van der Waals surface area contributed by atoms with E-state index in [0.29, 0.717) is 18.4 Å². The normalized spacial score (nSPS) is 26.9. The highest BCUT2D eigenvalue weighted by Gasteiger charge is 2.35. The second-order valence-electron chi connectivity index (χ2n) is 5.79. The summed E-state index contributed by atoms with van der Waals surface area (Å²) in [6.07, 6.45) is 1.23. The van der Waals surface area contributed by atoms with E-state index in [2.05, 4.69) is 33.5 Å². The third-order valence-corrected chi connectivity index (χ3v) is 6.05. The number of nitrogens with zero attached hydrogens (tertiary/aromatic N) is 4. The van der Waals surface area contributed by atoms with Gasteiger partial charge in [0.1, 0.15) is 9.90 Å². The van der Waals surface area contributed by atoms with Crippen LogP contribution in [0.5, 0.6) is 0 Å². The Morgan fingerprint density at radius 2 is 2.45 bits per heavy atom. The highest BCUT2D eigenvalue weighted by atomic mass is 32.2. The molecule has 2 bridgehead atoms. The number of piperidine rings is 1. The molecular formula is C13H20N4OS2. The van der Waals surface area contributed by atoms with Crippen LogP contribution in [0, 0.1) is 11.8 Å². The first-order chi connectivity index (χ1) is 9.72. The molecule has 2 aliphatic rings. The highest BCUT2D eigenvalue weighted by Crippen LogP contribution is 2.28. The average molecular weight is 312 g/mol. The highest BCUT2D eigenvalue weighted by molar-refractivity contribution is 8.01. The summed E-state index contributed by atoms with van der Waals surface area (Å²) >= 11 is 3.26. The van der Waals surface area contributed by atoms with Gasteiger partial charge < -0.3 is 4.84 Å². The maximum absolute atomic E-state index is 5.51. The Bertz CT molecular complexity index is 488. The van der Waals surface area contributed by atoms with E-state index in [-0.39, 0.29) is 0 Å². The van der Waals surface area contributed by atoms with Crippen molar-refractivity contribution in [1.82, 2.24) is 14.5 Å². The summed E-state index contributed by atoms with van der Waals surface area (Å²) in [7, 11) is 0. The van der Waals surface area contributed by atoms with Gasteiger partial charge in [-0.1, -0.05) is 23.5 Å². The molecule has 7 heteroatoms. The maximum atomic E-state index is 5.51. The molecule has 0 amide bonds. The van der Waals surface area contributed by atoms with Gasteiger partial charge in [0, 0.05) is 24.8 Å². The van der Waals surface area contributed by atoms with Crippen LogP contribution in [0.1, 0.15) is 26.0 Å². The molecule has 0 radical (unpaired) electrons. The zero-order chi connectivity index (χ0) is 13.9. The van der Waals surface area contributed by atoms with Crippen LogP contribution in [0.25, 0.3) is 0 Å². The molecule has 0 spiro atoms. The summed E-state index contributed by atoms with van der Waals surface area (Å²) in [5, 5.41) is 8.47. The van der Waals surface area contributed by atoms with E-state index < -0.39 is 0 Å². The van der Waals surface area contributed by atoms with Crippen molar-refractivity contribution in [1.29, 1.82) is 0 Å². The van der Waals surface area contributed by atoms with Gasteiger partial charge in [-0.25, -0.2) is 0 Å². The van der Waals surface area contributed by atoms with Crippen molar-refractivity contribution >= 4 is 29.0 Å². The molecule has 0 saturated carbocycles. The summed E-state index contributed by atoms with van der Waals surface area (Å²) in [5.74, 6) is 2.38. The Labute approximate surface area is 127 Å². The maximum Gasteiger partial charge on any atom is 0.163 e. The van der Waals surface area contributed by atoms with Crippen LogP contribution in [0.4, 0.5) is 0 Å². The number of fused-ring (bicyclic) bond motifs is 2. The van der Waals surface area contributed by atoms with Crippen LogP contribution in [0.3, 0.4) is 0 Å². The molecule has 0 N–H and O–H groups in total. The summed E-state index contributed by atoms with van der Waals surface area (Å²) in [6, 6.07) is 0. The molecule has 1 aromatic rings. The molecule has 2 fully saturated rings. The fourth-order valence-corrected chi connectivity index (χ4v) is 4.21. The van der Waals surface area contributed by atoms with Gasteiger partial charge in [-0.3, -0.25) is 4.90 Å². The van der Waals surface area contributed by atoms with Gasteiger partial charge in [0.15, 0.2) is 6.61 Å². The van der Waals surface area contributed by atoms with Crippen LogP contribution in [0.15, 0.2) is 9.36 Å². The van der Waals surface area contributed by atoms with Gasteiger partial charge >= 0.3 is 0 Å². The minimum Gasteiger partial charge on any atom is -0.389 e. The zero-order valence-corrected chi connectivity index (χ0v) is 13.5. The molecular weight excluding hydrogens is 292 g/mol. The third-order valence-electron chi connectivity index (χ3n) is 3.58. The van der Waals surface area contributed by atoms with Gasteiger partial charge in [-0.2, -0.15) is 0 Å². The second-order valence-corrected chi connectivity index (χ2v) is 7.83. The van der Waals surface area contributed by atoms with E-state index in [0.717, 1.165) is 28.7 Å². The quantitative estimate of drug-likeness (QED) is 0.597. The SMILES string of the molecule is CC(C)CSc1snnc1CO/N=C1\CN2CCC1C2. The molecule has 2 atom stereocenters. The van der Waals surface area contributed by atoms with Crippen LogP contribution < -0.4 is 0 Å². The summed E-state index contributed by atoms with van der Waals surface area (Å²) in [6.45, 7) is 8.23. The van der Waals surface area contributed by atoms with Crippen molar-refractivity contribution in [2.45, 2.75) is 31.1 Å². The van der Waals surface area contributed by atoms with Gasteiger partial charge in [0.05, 0.1) is 5.71 Å². The lowest BCUT2D eigenvalue weighted by Gasteiger charge is -2.12. The number of thioether (sulfide) groups is 1. The summed E-state index contributed by atoms with van der Waals surface area (Å²) in [4.78, 5) is 7.95. The third kappa shape index (κ3) is 3.32. The predicted molar refractivity (Wildman–Crippen MR) is 82.2 cm³/mol. The molecule has 20 heavy (non-hydrogen) atoms. The minimum absolute atomic E-state index is 0.438. The Balaban J connectivity index is 1.51. The van der Waals surface area contributed by atoms with Crippen molar-refractivity contribution in [3.63, 3.8) is 0 Å². The first-order valence-electron chi connectivity index (χ1n) is 7.07. The van der Waals surface area contributed by atoms with E-state index in [1.165, 1.54) is 30.2 Å². The molecule has 0 aromatic carbocycles. The van der Waals surface area contributed by atoms with E-state index >= 15 is 0 Å². The zero-order valence-electron chi connectivity index (χ0n) is 11.9. The second kappa shape index (κ2) is 6.41. The Kier molecular flexibility index (Phi) is 4.58. The van der Waals surface area contributed by atoms with E-state index in [1.54, 1.807) is 0 Å². The largest absolute Gasteiger partial charge is 0.389 e. The Morgan fingerprint density at radius 3 is 3.15 bits per heavy atom. The van der Waals surface area contributed by atoms with Gasteiger partial charge in [0.25, 0.3) is 0 Å². The van der Waals surface area contributed by atoms with Crippen LogP contribution in [0.2, 0.25) is 0 Å². The average Bonchev–Trinajstić information content (AvgIpc) is 3.12. The van der Waals surface area contributed by atoms with Crippen molar-refractivity contribution in [2.75, 3.05) is 25.4 Å². The van der Waals surface area contributed by atoms with E-state index in [1.807, 2.05) is 11.8 Å². The van der Waals surface area contributed by atoms with Crippen molar-refractivity contribution in [3.05, 3.63) is 5.69 Å². The van der Waals surface area contributed by atoms with E-state index in [4.69, 9.17) is 4.84 Å². The lowest BCUT2D eigenvalue weighted by molar-refractivity contribution is 0.124. The molecule has 1 aromatic heterocycles. The lowest BCUT2D eigenvalue weighted by atomic mass is 10.0. The number of aromatic nitrogens is 2.